The summed E-state index contributed by atoms with van der Waals surface area (Å²) in [5, 5.41) is 69.3. The van der Waals surface area contributed by atoms with Gasteiger partial charge in [-0.05, 0) is 239 Å². The molecular formula is C101H138N20O6. The second kappa shape index (κ2) is 35.5. The molecule has 0 spiro atoms. The predicted octanol–water partition coefficient (Wildman–Crippen LogP) is 14.9. The lowest BCUT2D eigenvalue weighted by atomic mass is 9.74. The highest BCUT2D eigenvalue weighted by molar-refractivity contribution is 5.94. The molecule has 0 saturated heterocycles. The summed E-state index contributed by atoms with van der Waals surface area (Å²) < 4.78 is 5.95. The first-order valence-corrected chi connectivity index (χ1v) is 48.1. The largest absolute Gasteiger partial charge is 0.390 e. The van der Waals surface area contributed by atoms with Crippen molar-refractivity contribution < 1.29 is 30.6 Å². The summed E-state index contributed by atoms with van der Waals surface area (Å²) in [4.78, 5) is 55.5. The smallest absolute Gasteiger partial charge is 0.145 e. The number of H-pyrrole nitrogens is 2. The maximum absolute atomic E-state index is 11.2. The molecule has 10 aliphatic rings. The monoisotopic (exact) mass is 1730 g/mol. The zero-order valence-electron chi connectivity index (χ0n) is 76.1. The highest BCUT2D eigenvalue weighted by atomic mass is 16.3. The lowest BCUT2D eigenvalue weighted by Crippen LogP contribution is -2.54. The van der Waals surface area contributed by atoms with E-state index in [1.165, 1.54) is 149 Å². The molecule has 9 aliphatic carbocycles. The van der Waals surface area contributed by atoms with Crippen LogP contribution in [0.25, 0.3) is 55.2 Å². The minimum absolute atomic E-state index is 0.0179. The summed E-state index contributed by atoms with van der Waals surface area (Å²) in [6, 6.07) is 27.4. The SMILES string of the molecule is CC(C)(C)c1ccc2c(c1)N=C(CCC1CC(N(CC3CC3)C[C@H]3C[C@@H](n4ccc5c(N)ncnc54)[C@H](O)[C@@H]3O)C1)C2.CC(C)(C)c1ccc2nc(CCC3CC(N(CC4CCC4)C[C@H]4C[C@@H](n5ccc6c(N)ncnc65)[C@H](O)[C@@H]4O)C3)[nH]c2c1.CC(C)(C)c1ccc2nc(CCC3CC(N(C[C@H]4C[C@@H](n5ccc6c(N)ncnc65)[C@H](O)[C@@H]4O)C4CCC4)C3)[nH]c2c1. The normalized spacial score (nSPS) is 28.6. The first kappa shape index (κ1) is 87.5. The molecule has 9 heterocycles. The van der Waals surface area contributed by atoms with Crippen LogP contribution in [0.3, 0.4) is 0 Å². The Bertz CT molecular complexity index is 5720. The Morgan fingerprint density at radius 3 is 1.17 bits per heavy atom. The number of nitrogens with zero attached hydrogens (tertiary/aromatic N) is 15. The Balaban J connectivity index is 0.000000124. The molecule has 0 unspecified atom stereocenters. The maximum atomic E-state index is 11.2. The van der Waals surface area contributed by atoms with Crippen LogP contribution in [0.2, 0.25) is 0 Å². The summed E-state index contributed by atoms with van der Waals surface area (Å²) in [5.41, 5.74) is 33.0. The number of hydrogen-bond donors (Lipinski definition) is 11. The van der Waals surface area contributed by atoms with E-state index in [1.807, 2.05) is 50.5 Å². The maximum Gasteiger partial charge on any atom is 0.145 e. The molecular weight excluding hydrogens is 1590 g/mol. The topological polar surface area (TPSA) is 371 Å². The van der Waals surface area contributed by atoms with E-state index in [0.717, 1.165) is 175 Å². The van der Waals surface area contributed by atoms with Crippen LogP contribution in [0.5, 0.6) is 0 Å². The number of anilines is 3. The third kappa shape index (κ3) is 18.3. The van der Waals surface area contributed by atoms with Gasteiger partial charge in [-0.2, -0.15) is 0 Å². The molecule has 3 aromatic carbocycles. The molecule has 0 radical (unpaired) electrons. The van der Waals surface area contributed by atoms with Gasteiger partial charge in [-0.3, -0.25) is 19.7 Å². The fourth-order valence-corrected chi connectivity index (χ4v) is 22.9. The van der Waals surface area contributed by atoms with Gasteiger partial charge in [0.2, 0.25) is 0 Å². The van der Waals surface area contributed by atoms with Crippen LogP contribution in [0, 0.1) is 47.3 Å². The first-order chi connectivity index (χ1) is 60.9. The number of aryl methyl sites for hydroxylation is 2. The summed E-state index contributed by atoms with van der Waals surface area (Å²) in [7, 11) is 0. The second-order valence-electron chi connectivity index (χ2n) is 43.6. The van der Waals surface area contributed by atoms with Gasteiger partial charge in [-0.25, -0.2) is 39.9 Å². The van der Waals surface area contributed by atoms with E-state index < -0.39 is 36.6 Å². The van der Waals surface area contributed by atoms with Crippen molar-refractivity contribution in [2.45, 2.75) is 312 Å². The Hall–Kier alpha value is -8.83. The summed E-state index contributed by atoms with van der Waals surface area (Å²) in [5.74, 6) is 7.29. The number of benzene rings is 3. The molecule has 14 N–H and O–H groups in total. The molecule has 9 fully saturated rings. The summed E-state index contributed by atoms with van der Waals surface area (Å²) >= 11 is 0. The Kier molecular flexibility index (Phi) is 24.4. The van der Waals surface area contributed by atoms with Gasteiger partial charge in [0.15, 0.2) is 0 Å². The minimum atomic E-state index is -0.834. The number of aliphatic hydroxyl groups excluding tert-OH is 6. The van der Waals surface area contributed by atoms with Crippen LogP contribution < -0.4 is 17.2 Å². The number of hydrogen-bond acceptors (Lipinski definition) is 21. The summed E-state index contributed by atoms with van der Waals surface area (Å²) in [6.07, 6.45) is 32.8. The van der Waals surface area contributed by atoms with E-state index in [-0.39, 0.29) is 52.1 Å². The molecule has 1 aliphatic heterocycles. The number of rotatable bonds is 26. The number of fused-ring (bicyclic) bond motifs is 6. The van der Waals surface area contributed by atoms with Gasteiger partial charge in [0.05, 0.1) is 80.4 Å². The van der Waals surface area contributed by atoms with E-state index in [0.29, 0.717) is 53.5 Å². The number of aromatic amines is 2. The third-order valence-corrected chi connectivity index (χ3v) is 31.8. The Morgan fingerprint density at radius 1 is 0.394 bits per heavy atom. The van der Waals surface area contributed by atoms with Crippen molar-refractivity contribution >= 4 is 84.0 Å². The van der Waals surface area contributed by atoms with Crippen LogP contribution in [0.15, 0.2) is 115 Å². The highest BCUT2D eigenvalue weighted by Crippen LogP contribution is 2.49. The predicted molar refractivity (Wildman–Crippen MR) is 502 cm³/mol. The quantitative estimate of drug-likeness (QED) is 0.0240. The molecule has 0 amide bonds. The van der Waals surface area contributed by atoms with Crippen LogP contribution in [0.4, 0.5) is 23.1 Å². The second-order valence-corrected chi connectivity index (χ2v) is 43.6. The van der Waals surface area contributed by atoms with E-state index in [2.05, 4.69) is 171 Å². The standard InChI is InChI=1S/C34H47N7O2.C34H46N6O2.C33H45N7O2/c1-34(2,3)23-8-9-26-27(16-23)39-29(38-26)10-7-21-13-24(14-21)40(17-20-5-4-6-20)18-22-15-28(31(43)30(22)42)41-12-11-25-32(35)36-19-37-33(25)41;1-34(2,3)24-8-7-22-14-25(38-28(22)16-24)9-6-21-12-26(13-21)39(17-20-4-5-20)18-23-15-29(31(42)30(23)41)40-11-10-27-32(35)36-19-37-33(27)40;1-33(2,3)21-8-9-25-26(16-21)38-28(37-25)10-7-19-13-23(14-19)40(22-5-4-6-22)17-20-15-27(30(42)29(20)41)39-12-11-24-31(34)35-18-36-32(24)39/h8-9,11-12,16,19-22,24,28,30-31,42-43H,4-7,10,13-15,17-18H2,1-3H3,(H,38,39)(H2,35,36,37);7-8,10-11,16,19-21,23,26,29-31,41-42H,4-6,9,12-15,17-18H2,1-3H3,(H2,35,36,37);8-9,11-12,16,18-20,22-23,27,29-30,41-42H,4-7,10,13-15,17H2,1-3H3,(H,37,38)(H2,34,35,36)/t21?,22-,24?,28-,30-,31+;21?,23-,26?,29-,30-,31+;19?,20-,23?,27-,29-,30+/m111/s1. The molecule has 12 atom stereocenters. The summed E-state index contributed by atoms with van der Waals surface area (Å²) in [6.45, 7) is 25.0. The van der Waals surface area contributed by atoms with E-state index in [9.17, 15) is 30.6 Å². The van der Waals surface area contributed by atoms with Crippen molar-refractivity contribution in [1.82, 2.24) is 78.2 Å². The molecule has 0 bridgehead atoms. The van der Waals surface area contributed by atoms with E-state index in [4.69, 9.17) is 32.2 Å². The number of imidazole rings is 2. The van der Waals surface area contributed by atoms with Gasteiger partial charge in [-0.1, -0.05) is 99.4 Å². The number of aromatic nitrogens is 13. The fourth-order valence-electron chi connectivity index (χ4n) is 22.9. The van der Waals surface area contributed by atoms with Gasteiger partial charge < -0.3 is 71.5 Å². The number of nitrogen functional groups attached to an aromatic ring is 3. The zero-order chi connectivity index (χ0) is 88.2. The lowest BCUT2D eigenvalue weighted by Gasteiger charge is -2.50. The number of aliphatic imine (C=N–C) groups is 1. The van der Waals surface area contributed by atoms with E-state index in [1.54, 1.807) is 0 Å². The van der Waals surface area contributed by atoms with Crippen LogP contribution >= 0.6 is 0 Å². The average molecular weight is 1730 g/mol. The number of nitrogens with one attached hydrogen (secondary N) is 2. The highest BCUT2D eigenvalue weighted by Gasteiger charge is 2.50. The van der Waals surface area contributed by atoms with E-state index >= 15 is 0 Å². The zero-order valence-corrected chi connectivity index (χ0v) is 76.1. The molecule has 127 heavy (non-hydrogen) atoms. The van der Waals surface area contributed by atoms with Crippen LogP contribution in [-0.4, -0.2) is 208 Å². The molecule has 8 aromatic heterocycles. The van der Waals surface area contributed by atoms with Gasteiger partial charge >= 0.3 is 0 Å². The van der Waals surface area contributed by atoms with Crippen molar-refractivity contribution in [1.29, 1.82) is 0 Å². The molecule has 21 rings (SSSR count). The van der Waals surface area contributed by atoms with Crippen LogP contribution in [0.1, 0.15) is 249 Å². The third-order valence-electron chi connectivity index (χ3n) is 31.8. The molecule has 678 valence electrons. The molecule has 11 aromatic rings. The Labute approximate surface area is 746 Å². The fraction of sp³-hybridized carbons (Fsp3) is 0.614. The molecule has 26 heteroatoms. The van der Waals surface area contributed by atoms with Gasteiger partial charge in [0, 0.05) is 118 Å². The minimum Gasteiger partial charge on any atom is -0.390 e. The molecule has 9 saturated carbocycles. The number of aliphatic hydroxyl groups is 6. The van der Waals surface area contributed by atoms with Crippen molar-refractivity contribution in [2.75, 3.05) is 49.9 Å². The first-order valence-electron chi connectivity index (χ1n) is 48.1. The van der Waals surface area contributed by atoms with Crippen molar-refractivity contribution in [3.05, 3.63) is 144 Å². The van der Waals surface area contributed by atoms with Gasteiger partial charge in [0.25, 0.3) is 0 Å². The van der Waals surface area contributed by atoms with Crippen molar-refractivity contribution in [2.24, 2.45) is 52.3 Å². The van der Waals surface area contributed by atoms with Crippen molar-refractivity contribution in [3.8, 4) is 0 Å². The molecule has 26 nitrogen and oxygen atoms in total. The van der Waals surface area contributed by atoms with Crippen molar-refractivity contribution in [3.63, 3.8) is 0 Å². The van der Waals surface area contributed by atoms with Gasteiger partial charge in [-0.15, -0.1) is 0 Å². The Morgan fingerprint density at radius 2 is 0.780 bits per heavy atom. The lowest BCUT2D eigenvalue weighted by molar-refractivity contribution is -0.0338. The average Bonchev–Trinajstić information content (AvgIpc) is 1.64. The van der Waals surface area contributed by atoms with Gasteiger partial charge in [0.1, 0.15) is 83.3 Å². The van der Waals surface area contributed by atoms with Crippen LogP contribution in [-0.2, 0) is 35.5 Å². The number of nitrogens with two attached hydrogens (primary N) is 3.